The van der Waals surface area contributed by atoms with E-state index in [1.54, 1.807) is 0 Å². The fraction of sp³-hybridized carbons (Fsp3) is 0.467. The second kappa shape index (κ2) is 8.61. The molecule has 0 aromatic heterocycles. The number of halogens is 1. The van der Waals surface area contributed by atoms with Crippen LogP contribution in [-0.2, 0) is 24.3 Å². The van der Waals surface area contributed by atoms with Gasteiger partial charge in [0, 0.05) is 13.2 Å². The smallest absolute Gasteiger partial charge is 0.338 e. The van der Waals surface area contributed by atoms with Crippen molar-refractivity contribution >= 4 is 33.5 Å². The van der Waals surface area contributed by atoms with Crippen LogP contribution < -0.4 is 10.0 Å². The SMILES string of the molecule is CNS(=O)(=O)c1cc(C(=O)OCC(=O)NCC2CCCO2)ccc1Cl. The fourth-order valence-electron chi connectivity index (χ4n) is 2.24. The van der Waals surface area contributed by atoms with Gasteiger partial charge in [0.1, 0.15) is 4.90 Å². The van der Waals surface area contributed by atoms with Gasteiger partial charge in [-0.25, -0.2) is 17.9 Å². The maximum Gasteiger partial charge on any atom is 0.338 e. The second-order valence-corrected chi connectivity index (χ2v) is 7.63. The van der Waals surface area contributed by atoms with Gasteiger partial charge in [0.15, 0.2) is 6.61 Å². The number of rotatable bonds is 7. The molecule has 1 saturated heterocycles. The van der Waals surface area contributed by atoms with Crippen LogP contribution in [0.25, 0.3) is 0 Å². The van der Waals surface area contributed by atoms with Crippen molar-refractivity contribution in [3.05, 3.63) is 28.8 Å². The van der Waals surface area contributed by atoms with Crippen molar-refractivity contribution in [2.75, 3.05) is 26.8 Å². The van der Waals surface area contributed by atoms with E-state index in [0.717, 1.165) is 18.9 Å². The molecule has 1 heterocycles. The Labute approximate surface area is 150 Å². The van der Waals surface area contributed by atoms with Crippen molar-refractivity contribution in [1.29, 1.82) is 0 Å². The number of benzene rings is 1. The van der Waals surface area contributed by atoms with E-state index in [2.05, 4.69) is 10.0 Å². The molecule has 1 atom stereocenters. The Morgan fingerprint density at radius 3 is 2.80 bits per heavy atom. The molecule has 1 fully saturated rings. The number of carbonyl (C=O) groups excluding carboxylic acids is 2. The van der Waals surface area contributed by atoms with Crippen LogP contribution in [0.1, 0.15) is 23.2 Å². The molecule has 138 valence electrons. The van der Waals surface area contributed by atoms with Crippen molar-refractivity contribution in [3.8, 4) is 0 Å². The van der Waals surface area contributed by atoms with E-state index < -0.39 is 28.5 Å². The van der Waals surface area contributed by atoms with Gasteiger partial charge in [-0.2, -0.15) is 0 Å². The van der Waals surface area contributed by atoms with Crippen LogP contribution in [0.4, 0.5) is 0 Å². The largest absolute Gasteiger partial charge is 0.452 e. The lowest BCUT2D eigenvalue weighted by Crippen LogP contribution is -2.34. The second-order valence-electron chi connectivity index (χ2n) is 5.37. The molecule has 10 heteroatoms. The molecule has 0 radical (unpaired) electrons. The van der Waals surface area contributed by atoms with Gasteiger partial charge in [0.25, 0.3) is 5.91 Å². The van der Waals surface area contributed by atoms with Gasteiger partial charge >= 0.3 is 5.97 Å². The number of amides is 1. The molecular weight excluding hydrogens is 372 g/mol. The van der Waals surface area contributed by atoms with Crippen molar-refractivity contribution < 1.29 is 27.5 Å². The Hall–Kier alpha value is -1.68. The zero-order valence-corrected chi connectivity index (χ0v) is 15.2. The van der Waals surface area contributed by atoms with Crippen molar-refractivity contribution in [2.24, 2.45) is 0 Å². The molecule has 0 aliphatic carbocycles. The minimum Gasteiger partial charge on any atom is -0.452 e. The molecule has 0 bridgehead atoms. The van der Waals surface area contributed by atoms with Crippen LogP contribution in [-0.4, -0.2) is 53.2 Å². The van der Waals surface area contributed by atoms with Crippen molar-refractivity contribution in [2.45, 2.75) is 23.8 Å². The summed E-state index contributed by atoms with van der Waals surface area (Å²) in [6.45, 7) is 0.578. The fourth-order valence-corrected chi connectivity index (χ4v) is 3.49. The monoisotopic (exact) mass is 390 g/mol. The summed E-state index contributed by atoms with van der Waals surface area (Å²) in [4.78, 5) is 23.5. The number of nitrogens with one attached hydrogen (secondary N) is 2. The van der Waals surface area contributed by atoms with Gasteiger partial charge in [-0.05, 0) is 38.1 Å². The Morgan fingerprint density at radius 1 is 1.40 bits per heavy atom. The summed E-state index contributed by atoms with van der Waals surface area (Å²) in [5, 5.41) is 2.59. The topological polar surface area (TPSA) is 111 Å². The number of esters is 1. The predicted molar refractivity (Wildman–Crippen MR) is 90.0 cm³/mol. The quantitative estimate of drug-likeness (QED) is 0.663. The lowest BCUT2D eigenvalue weighted by atomic mass is 10.2. The third kappa shape index (κ3) is 5.40. The van der Waals surface area contributed by atoms with E-state index in [9.17, 15) is 18.0 Å². The molecule has 1 unspecified atom stereocenters. The Kier molecular flexibility index (Phi) is 6.77. The first-order chi connectivity index (χ1) is 11.8. The summed E-state index contributed by atoms with van der Waals surface area (Å²) in [5.41, 5.74) is -0.0230. The molecule has 1 aliphatic heterocycles. The standard InChI is InChI=1S/C15H19ClN2O6S/c1-17-25(21,22)13-7-10(4-5-12(13)16)15(20)24-9-14(19)18-8-11-3-2-6-23-11/h4-5,7,11,17H,2-3,6,8-9H2,1H3,(H,18,19). The van der Waals surface area contributed by atoms with E-state index in [0.29, 0.717) is 13.2 Å². The first-order valence-corrected chi connectivity index (χ1v) is 9.48. The summed E-state index contributed by atoms with van der Waals surface area (Å²) < 4.78 is 36.1. The van der Waals surface area contributed by atoms with E-state index in [1.165, 1.54) is 19.2 Å². The zero-order valence-electron chi connectivity index (χ0n) is 13.6. The highest BCUT2D eigenvalue weighted by Crippen LogP contribution is 2.22. The Balaban J connectivity index is 1.92. The first kappa shape index (κ1) is 19.6. The molecule has 0 saturated carbocycles. The van der Waals surface area contributed by atoms with E-state index >= 15 is 0 Å². The normalized spacial score (nSPS) is 17.3. The molecule has 2 rings (SSSR count). The molecule has 1 aliphatic rings. The third-order valence-corrected chi connectivity index (χ3v) is 5.51. The molecule has 0 spiro atoms. The van der Waals surface area contributed by atoms with E-state index in [4.69, 9.17) is 21.1 Å². The minimum atomic E-state index is -3.82. The third-order valence-electron chi connectivity index (χ3n) is 3.61. The van der Waals surface area contributed by atoms with Crippen LogP contribution in [0, 0.1) is 0 Å². The molecule has 25 heavy (non-hydrogen) atoms. The average molecular weight is 391 g/mol. The van der Waals surface area contributed by atoms with Crippen molar-refractivity contribution in [1.82, 2.24) is 10.0 Å². The highest BCUT2D eigenvalue weighted by atomic mass is 35.5. The van der Waals surface area contributed by atoms with Gasteiger partial charge in [0.05, 0.1) is 16.7 Å². The number of carbonyl (C=O) groups is 2. The van der Waals surface area contributed by atoms with Gasteiger partial charge in [-0.3, -0.25) is 4.79 Å². The zero-order chi connectivity index (χ0) is 18.4. The highest BCUT2D eigenvalue weighted by Gasteiger charge is 2.20. The maximum atomic E-state index is 12.0. The van der Waals surface area contributed by atoms with Gasteiger partial charge in [-0.15, -0.1) is 0 Å². The molecule has 1 aromatic carbocycles. The summed E-state index contributed by atoms with van der Waals surface area (Å²) >= 11 is 5.85. The predicted octanol–water partition coefficient (Wildman–Crippen LogP) is 0.700. The Morgan fingerprint density at radius 2 is 2.16 bits per heavy atom. The van der Waals surface area contributed by atoms with Crippen molar-refractivity contribution in [3.63, 3.8) is 0 Å². The molecular formula is C15H19ClN2O6S. The summed E-state index contributed by atoms with van der Waals surface area (Å²) in [7, 11) is -2.59. The summed E-state index contributed by atoms with van der Waals surface area (Å²) in [5.74, 6) is -1.28. The molecule has 1 aromatic rings. The number of ether oxygens (including phenoxy) is 2. The van der Waals surface area contributed by atoms with Gasteiger partial charge in [-0.1, -0.05) is 11.6 Å². The summed E-state index contributed by atoms with van der Waals surface area (Å²) in [6, 6.07) is 3.70. The molecule has 1 amide bonds. The van der Waals surface area contributed by atoms with Crippen LogP contribution in [0.15, 0.2) is 23.1 Å². The van der Waals surface area contributed by atoms with Gasteiger partial charge < -0.3 is 14.8 Å². The van der Waals surface area contributed by atoms with Crippen LogP contribution in [0.2, 0.25) is 5.02 Å². The number of sulfonamides is 1. The lowest BCUT2D eigenvalue weighted by Gasteiger charge is -2.11. The molecule has 8 nitrogen and oxygen atoms in total. The number of hydrogen-bond donors (Lipinski definition) is 2. The van der Waals surface area contributed by atoms with Crippen LogP contribution >= 0.6 is 11.6 Å². The number of hydrogen-bond acceptors (Lipinski definition) is 6. The minimum absolute atomic E-state index is 0.00905. The maximum absolute atomic E-state index is 12.0. The lowest BCUT2D eigenvalue weighted by molar-refractivity contribution is -0.124. The Bertz CT molecular complexity index is 746. The molecule has 2 N–H and O–H groups in total. The van der Waals surface area contributed by atoms with E-state index in [1.807, 2.05) is 0 Å². The van der Waals surface area contributed by atoms with Crippen LogP contribution in [0.5, 0.6) is 0 Å². The van der Waals surface area contributed by atoms with Crippen LogP contribution in [0.3, 0.4) is 0 Å². The van der Waals surface area contributed by atoms with Gasteiger partial charge in [0.2, 0.25) is 10.0 Å². The summed E-state index contributed by atoms with van der Waals surface area (Å²) in [6.07, 6.45) is 1.84. The first-order valence-electron chi connectivity index (χ1n) is 7.62. The highest BCUT2D eigenvalue weighted by molar-refractivity contribution is 7.89. The van der Waals surface area contributed by atoms with E-state index in [-0.39, 0.29) is 21.6 Å². The average Bonchev–Trinajstić information content (AvgIpc) is 3.11.